The Morgan fingerprint density at radius 2 is 1.55 bits per heavy atom. The Morgan fingerprint density at radius 1 is 1.09 bits per heavy atom. The van der Waals surface area contributed by atoms with Gasteiger partial charge in [0, 0.05) is 7.05 Å². The fraction of sp³-hybridized carbons (Fsp3) is 0.500. The van der Waals surface area contributed by atoms with E-state index in [-0.39, 0.29) is 5.92 Å². The lowest BCUT2D eigenvalue weighted by Crippen LogP contribution is -2.41. The minimum absolute atomic E-state index is 0.147. The highest BCUT2D eigenvalue weighted by atomic mass is 32.3. The summed E-state index contributed by atoms with van der Waals surface area (Å²) >= 11 is 0. The van der Waals surface area contributed by atoms with Crippen molar-refractivity contribution in [1.82, 2.24) is 3.71 Å². The SMILES string of the molecule is CCC(C)c1ccc(S(=O)(=O)N(C)S(=O)(=O)C(F)(F)F)cc1. The number of hydrogen-bond donors (Lipinski definition) is 0. The monoisotopic (exact) mass is 359 g/mol. The summed E-state index contributed by atoms with van der Waals surface area (Å²) in [5, 5.41) is 0. The number of nitrogens with zero attached hydrogens (tertiary/aromatic N) is 1. The molecule has 0 saturated heterocycles. The summed E-state index contributed by atoms with van der Waals surface area (Å²) in [6, 6.07) is 5.10. The second kappa shape index (κ2) is 6.17. The van der Waals surface area contributed by atoms with E-state index in [1.165, 1.54) is 12.1 Å². The van der Waals surface area contributed by atoms with Crippen molar-refractivity contribution in [3.05, 3.63) is 29.8 Å². The standard InChI is InChI=1S/C12H16F3NO4S2/c1-4-9(2)10-5-7-11(8-6-10)21(17,18)16(3)22(19,20)12(13,14)15/h5-9H,4H2,1-3H3. The molecule has 1 aromatic carbocycles. The maximum absolute atomic E-state index is 12.5. The van der Waals surface area contributed by atoms with Crippen LogP contribution < -0.4 is 0 Å². The van der Waals surface area contributed by atoms with E-state index in [0.717, 1.165) is 24.1 Å². The third-order valence-corrected chi connectivity index (χ3v) is 7.31. The summed E-state index contributed by atoms with van der Waals surface area (Å²) in [6.07, 6.45) is 0.800. The smallest absolute Gasteiger partial charge is 0.206 e. The Kier molecular flexibility index (Phi) is 5.30. The number of halogens is 3. The van der Waals surface area contributed by atoms with Crippen LogP contribution in [0.5, 0.6) is 0 Å². The number of alkyl halides is 3. The lowest BCUT2D eigenvalue weighted by molar-refractivity contribution is -0.0465. The third kappa shape index (κ3) is 3.44. The van der Waals surface area contributed by atoms with Crippen LogP contribution in [0.1, 0.15) is 31.7 Å². The normalized spacial score (nSPS) is 15.0. The van der Waals surface area contributed by atoms with Crippen molar-refractivity contribution in [2.45, 2.75) is 36.6 Å². The summed E-state index contributed by atoms with van der Waals surface area (Å²) in [5.74, 6) is 0.147. The van der Waals surface area contributed by atoms with Gasteiger partial charge in [-0.05, 0) is 30.0 Å². The van der Waals surface area contributed by atoms with Crippen molar-refractivity contribution in [3.8, 4) is 0 Å². The van der Waals surface area contributed by atoms with E-state index < -0.39 is 34.2 Å². The molecular formula is C12H16F3NO4S2. The van der Waals surface area contributed by atoms with Gasteiger partial charge >= 0.3 is 15.5 Å². The van der Waals surface area contributed by atoms with Crippen LogP contribution in [0.2, 0.25) is 0 Å². The number of hydrogen-bond acceptors (Lipinski definition) is 4. The van der Waals surface area contributed by atoms with Crippen LogP contribution in [0.25, 0.3) is 0 Å². The average molecular weight is 359 g/mol. The van der Waals surface area contributed by atoms with Crippen LogP contribution >= 0.6 is 0 Å². The van der Waals surface area contributed by atoms with Gasteiger partial charge in [-0.3, -0.25) is 0 Å². The molecule has 0 N–H and O–H groups in total. The van der Waals surface area contributed by atoms with Crippen molar-refractivity contribution >= 4 is 20.0 Å². The molecular weight excluding hydrogens is 343 g/mol. The predicted molar refractivity (Wildman–Crippen MR) is 75.1 cm³/mol. The highest BCUT2D eigenvalue weighted by Gasteiger charge is 2.52. The van der Waals surface area contributed by atoms with Crippen molar-refractivity contribution < 1.29 is 30.0 Å². The van der Waals surface area contributed by atoms with Crippen LogP contribution in [-0.4, -0.2) is 33.1 Å². The van der Waals surface area contributed by atoms with Gasteiger partial charge in [-0.25, -0.2) is 16.8 Å². The molecule has 0 saturated carbocycles. The van der Waals surface area contributed by atoms with Gasteiger partial charge in [-0.2, -0.15) is 13.2 Å². The Bertz CT molecular complexity index is 725. The fourth-order valence-corrected chi connectivity index (χ4v) is 4.24. The third-order valence-electron chi connectivity index (χ3n) is 3.33. The first-order valence-corrected chi connectivity index (χ1v) is 9.14. The molecule has 1 atom stereocenters. The van der Waals surface area contributed by atoms with Gasteiger partial charge in [0.05, 0.1) is 4.90 Å². The molecule has 0 bridgehead atoms. The second-order valence-electron chi connectivity index (χ2n) is 4.71. The van der Waals surface area contributed by atoms with Crippen LogP contribution in [-0.2, 0) is 20.0 Å². The topological polar surface area (TPSA) is 71.5 Å². The Labute approximate surface area is 127 Å². The zero-order chi connectivity index (χ0) is 17.3. The highest BCUT2D eigenvalue weighted by molar-refractivity contribution is 8.04. The van der Waals surface area contributed by atoms with Crippen molar-refractivity contribution in [3.63, 3.8) is 0 Å². The Balaban J connectivity index is 3.26. The first-order chi connectivity index (χ1) is 9.85. The largest absolute Gasteiger partial charge is 0.512 e. The van der Waals surface area contributed by atoms with Gasteiger partial charge in [-0.1, -0.05) is 29.7 Å². The Hall–Kier alpha value is -1.13. The molecule has 0 amide bonds. The molecule has 22 heavy (non-hydrogen) atoms. The lowest BCUT2D eigenvalue weighted by atomic mass is 9.99. The highest BCUT2D eigenvalue weighted by Crippen LogP contribution is 2.30. The van der Waals surface area contributed by atoms with Gasteiger partial charge in [0.1, 0.15) is 0 Å². The minimum atomic E-state index is -5.97. The molecule has 0 aliphatic heterocycles. The first-order valence-electron chi connectivity index (χ1n) is 6.26. The van der Waals surface area contributed by atoms with E-state index in [4.69, 9.17) is 0 Å². The summed E-state index contributed by atoms with van der Waals surface area (Å²) in [6.45, 7) is 3.84. The van der Waals surface area contributed by atoms with Gasteiger partial charge in [0.25, 0.3) is 10.0 Å². The van der Waals surface area contributed by atoms with Crippen molar-refractivity contribution in [2.75, 3.05) is 7.05 Å². The quantitative estimate of drug-likeness (QED) is 0.810. The van der Waals surface area contributed by atoms with E-state index in [1.807, 2.05) is 13.8 Å². The van der Waals surface area contributed by atoms with Gasteiger partial charge in [0.2, 0.25) is 0 Å². The molecule has 0 aliphatic rings. The molecule has 1 rings (SSSR count). The lowest BCUT2D eigenvalue weighted by Gasteiger charge is -2.19. The maximum Gasteiger partial charge on any atom is 0.512 e. The zero-order valence-corrected chi connectivity index (χ0v) is 13.8. The van der Waals surface area contributed by atoms with Gasteiger partial charge in [-0.15, -0.1) is 0 Å². The molecule has 0 aromatic heterocycles. The summed E-state index contributed by atoms with van der Waals surface area (Å²) < 4.78 is 83.2. The van der Waals surface area contributed by atoms with Crippen LogP contribution in [0, 0.1) is 0 Å². The van der Waals surface area contributed by atoms with E-state index in [9.17, 15) is 30.0 Å². The molecule has 0 aliphatic carbocycles. The van der Waals surface area contributed by atoms with E-state index in [1.54, 1.807) is 0 Å². The molecule has 1 unspecified atom stereocenters. The molecule has 0 heterocycles. The molecule has 0 fully saturated rings. The molecule has 1 aromatic rings. The average Bonchev–Trinajstić information content (AvgIpc) is 2.44. The van der Waals surface area contributed by atoms with Gasteiger partial charge in [0.15, 0.2) is 0 Å². The van der Waals surface area contributed by atoms with Crippen molar-refractivity contribution in [1.29, 1.82) is 0 Å². The molecule has 5 nitrogen and oxygen atoms in total. The van der Waals surface area contributed by atoms with Crippen LogP contribution in [0.3, 0.4) is 0 Å². The second-order valence-corrected chi connectivity index (χ2v) is 8.88. The Morgan fingerprint density at radius 3 is 1.91 bits per heavy atom. The first kappa shape index (κ1) is 18.9. The zero-order valence-electron chi connectivity index (χ0n) is 12.1. The van der Waals surface area contributed by atoms with E-state index in [0.29, 0.717) is 7.05 Å². The molecule has 10 heteroatoms. The van der Waals surface area contributed by atoms with Crippen LogP contribution in [0.4, 0.5) is 13.2 Å². The minimum Gasteiger partial charge on any atom is -0.206 e. The molecule has 0 spiro atoms. The van der Waals surface area contributed by atoms with Gasteiger partial charge < -0.3 is 0 Å². The fourth-order valence-electron chi connectivity index (χ4n) is 1.63. The predicted octanol–water partition coefficient (Wildman–Crippen LogP) is 2.67. The number of rotatable bonds is 5. The summed E-state index contributed by atoms with van der Waals surface area (Å²) in [5.41, 5.74) is -4.88. The van der Waals surface area contributed by atoms with E-state index >= 15 is 0 Å². The summed E-state index contributed by atoms with van der Waals surface area (Å²) in [4.78, 5) is -0.519. The van der Waals surface area contributed by atoms with E-state index in [2.05, 4.69) is 0 Å². The molecule has 126 valence electrons. The molecule has 0 radical (unpaired) electrons. The van der Waals surface area contributed by atoms with Crippen molar-refractivity contribution in [2.24, 2.45) is 0 Å². The van der Waals surface area contributed by atoms with Crippen LogP contribution in [0.15, 0.2) is 29.2 Å². The number of benzene rings is 1. The maximum atomic E-state index is 12.5. The summed E-state index contributed by atoms with van der Waals surface area (Å²) in [7, 11) is -10.4. The number of sulfonamides is 2.